The van der Waals surface area contributed by atoms with Crippen molar-refractivity contribution in [3.8, 4) is 0 Å². The van der Waals surface area contributed by atoms with Crippen molar-refractivity contribution in [3.63, 3.8) is 0 Å². The minimum absolute atomic E-state index is 0.633. The lowest BCUT2D eigenvalue weighted by Gasteiger charge is -2.18. The summed E-state index contributed by atoms with van der Waals surface area (Å²) in [5, 5.41) is 4.27. The molecule has 1 aromatic carbocycles. The van der Waals surface area contributed by atoms with Crippen LogP contribution < -0.4 is 5.32 Å². The van der Waals surface area contributed by atoms with Crippen molar-refractivity contribution in [2.75, 3.05) is 6.54 Å². The van der Waals surface area contributed by atoms with Crippen LogP contribution in [0.25, 0.3) is 0 Å². The van der Waals surface area contributed by atoms with Crippen LogP contribution in [0, 0.1) is 0 Å². The maximum absolute atomic E-state index is 3.55. The normalized spacial score (nSPS) is 14.5. The molecule has 1 N–H and O–H groups in total. The van der Waals surface area contributed by atoms with Crippen molar-refractivity contribution in [1.82, 2.24) is 5.32 Å². The van der Waals surface area contributed by atoms with Gasteiger partial charge in [-0.1, -0.05) is 44.2 Å². The average Bonchev–Trinajstić information content (AvgIpc) is 2.35. The van der Waals surface area contributed by atoms with Crippen molar-refractivity contribution in [1.29, 1.82) is 0 Å². The molecular weight excluding hydrogens is 226 g/mol. The number of hydrogen-bond acceptors (Lipinski definition) is 2. The third-order valence-electron chi connectivity index (χ3n) is 2.81. The molecule has 0 saturated heterocycles. The largest absolute Gasteiger partial charge is 0.314 e. The van der Waals surface area contributed by atoms with Crippen LogP contribution in [0.4, 0.5) is 0 Å². The Morgan fingerprint density at radius 2 is 1.88 bits per heavy atom. The zero-order valence-electron chi connectivity index (χ0n) is 11.3. The highest BCUT2D eigenvalue weighted by Gasteiger charge is 2.08. The maximum atomic E-state index is 3.55. The van der Waals surface area contributed by atoms with Gasteiger partial charge in [0.05, 0.1) is 0 Å². The molecule has 0 spiro atoms. The molecule has 96 valence electrons. The number of benzene rings is 1. The van der Waals surface area contributed by atoms with Crippen molar-refractivity contribution in [2.24, 2.45) is 0 Å². The molecule has 0 aliphatic rings. The Kier molecular flexibility index (Phi) is 7.38. The predicted octanol–water partition coefficient (Wildman–Crippen LogP) is 4.09. The highest BCUT2D eigenvalue weighted by Crippen LogP contribution is 2.20. The molecular formula is C15H25NS. The van der Waals surface area contributed by atoms with Gasteiger partial charge in [0.25, 0.3) is 0 Å². The fourth-order valence-corrected chi connectivity index (χ4v) is 2.95. The monoisotopic (exact) mass is 251 g/mol. The van der Waals surface area contributed by atoms with Gasteiger partial charge in [-0.15, -0.1) is 0 Å². The summed E-state index contributed by atoms with van der Waals surface area (Å²) in [5.74, 6) is 1.13. The summed E-state index contributed by atoms with van der Waals surface area (Å²) in [4.78, 5) is 0. The van der Waals surface area contributed by atoms with Gasteiger partial charge in [-0.05, 0) is 31.9 Å². The Morgan fingerprint density at radius 3 is 2.53 bits per heavy atom. The Hall–Kier alpha value is -0.470. The molecule has 0 saturated carbocycles. The molecule has 2 heteroatoms. The Balaban J connectivity index is 2.19. The molecule has 1 aromatic rings. The van der Waals surface area contributed by atoms with E-state index in [1.165, 1.54) is 18.4 Å². The van der Waals surface area contributed by atoms with Crippen LogP contribution in [0.2, 0.25) is 0 Å². The number of rotatable bonds is 8. The number of thioether (sulfide) groups is 1. The molecule has 17 heavy (non-hydrogen) atoms. The average molecular weight is 251 g/mol. The van der Waals surface area contributed by atoms with Crippen molar-refractivity contribution >= 4 is 11.8 Å². The van der Waals surface area contributed by atoms with E-state index in [1.807, 2.05) is 0 Å². The first kappa shape index (κ1) is 14.6. The summed E-state index contributed by atoms with van der Waals surface area (Å²) in [7, 11) is 0. The second-order valence-corrected chi connectivity index (χ2v) is 6.12. The Bertz CT molecular complexity index is 286. The Morgan fingerprint density at radius 1 is 1.18 bits per heavy atom. The van der Waals surface area contributed by atoms with E-state index in [2.05, 4.69) is 68.2 Å². The van der Waals surface area contributed by atoms with Gasteiger partial charge >= 0.3 is 0 Å². The Labute approximate surface area is 110 Å². The molecule has 2 atom stereocenters. The van der Waals surface area contributed by atoms with Gasteiger partial charge in [-0.3, -0.25) is 0 Å². The first-order chi connectivity index (χ1) is 8.22. The van der Waals surface area contributed by atoms with Crippen LogP contribution in [-0.4, -0.2) is 17.8 Å². The van der Waals surface area contributed by atoms with Crippen LogP contribution in [0.15, 0.2) is 30.3 Å². The van der Waals surface area contributed by atoms with E-state index in [9.17, 15) is 0 Å². The highest BCUT2D eigenvalue weighted by atomic mass is 32.2. The fourth-order valence-electron chi connectivity index (χ4n) is 1.85. The summed E-state index contributed by atoms with van der Waals surface area (Å²) in [6.45, 7) is 7.97. The van der Waals surface area contributed by atoms with Gasteiger partial charge in [0.15, 0.2) is 0 Å². The predicted molar refractivity (Wildman–Crippen MR) is 79.6 cm³/mol. The molecule has 0 aliphatic heterocycles. The molecule has 0 aliphatic carbocycles. The van der Waals surface area contributed by atoms with Gasteiger partial charge in [-0.25, -0.2) is 0 Å². The second-order valence-electron chi connectivity index (χ2n) is 4.70. The van der Waals surface area contributed by atoms with Gasteiger partial charge in [0, 0.05) is 17.0 Å². The molecule has 0 fully saturated rings. The van der Waals surface area contributed by atoms with E-state index >= 15 is 0 Å². The standard InChI is InChI=1S/C15H25NS/c1-4-10-16-13(2)11-14(3)17-12-15-8-6-5-7-9-15/h5-9,13-14,16H,4,10-12H2,1-3H3. The number of hydrogen-bond donors (Lipinski definition) is 1. The molecule has 0 bridgehead atoms. The first-order valence-electron chi connectivity index (χ1n) is 6.61. The zero-order chi connectivity index (χ0) is 12.5. The van der Waals surface area contributed by atoms with Crippen LogP contribution in [0.5, 0.6) is 0 Å². The van der Waals surface area contributed by atoms with Crippen LogP contribution in [0.3, 0.4) is 0 Å². The SMILES string of the molecule is CCCNC(C)CC(C)SCc1ccccc1. The van der Waals surface area contributed by atoms with Gasteiger partial charge in [0.2, 0.25) is 0 Å². The van der Waals surface area contributed by atoms with E-state index in [0.29, 0.717) is 6.04 Å². The van der Waals surface area contributed by atoms with Gasteiger partial charge in [-0.2, -0.15) is 11.8 Å². The summed E-state index contributed by atoms with van der Waals surface area (Å²) in [6, 6.07) is 11.4. The van der Waals surface area contributed by atoms with Gasteiger partial charge < -0.3 is 5.32 Å². The minimum Gasteiger partial charge on any atom is -0.314 e. The van der Waals surface area contributed by atoms with Crippen molar-refractivity contribution < 1.29 is 0 Å². The van der Waals surface area contributed by atoms with Crippen molar-refractivity contribution in [3.05, 3.63) is 35.9 Å². The molecule has 0 amide bonds. The van der Waals surface area contributed by atoms with Crippen LogP contribution >= 0.6 is 11.8 Å². The second kappa shape index (κ2) is 8.60. The van der Waals surface area contributed by atoms with E-state index < -0.39 is 0 Å². The summed E-state index contributed by atoms with van der Waals surface area (Å²) in [6.07, 6.45) is 2.47. The van der Waals surface area contributed by atoms with Crippen LogP contribution in [0.1, 0.15) is 39.2 Å². The highest BCUT2D eigenvalue weighted by molar-refractivity contribution is 7.99. The van der Waals surface area contributed by atoms with E-state index in [1.54, 1.807) is 0 Å². The third kappa shape index (κ3) is 6.75. The third-order valence-corrected chi connectivity index (χ3v) is 4.07. The van der Waals surface area contributed by atoms with Gasteiger partial charge in [0.1, 0.15) is 0 Å². The molecule has 1 nitrogen and oxygen atoms in total. The maximum Gasteiger partial charge on any atom is 0.0187 e. The number of nitrogens with one attached hydrogen (secondary N) is 1. The molecule has 0 radical (unpaired) electrons. The van der Waals surface area contributed by atoms with E-state index in [0.717, 1.165) is 17.5 Å². The lowest BCUT2D eigenvalue weighted by Crippen LogP contribution is -2.29. The van der Waals surface area contributed by atoms with E-state index in [4.69, 9.17) is 0 Å². The smallest absolute Gasteiger partial charge is 0.0187 e. The van der Waals surface area contributed by atoms with Crippen molar-refractivity contribution in [2.45, 2.75) is 50.7 Å². The topological polar surface area (TPSA) is 12.0 Å². The zero-order valence-corrected chi connectivity index (χ0v) is 12.1. The van der Waals surface area contributed by atoms with E-state index in [-0.39, 0.29) is 0 Å². The molecule has 0 heterocycles. The summed E-state index contributed by atoms with van der Waals surface area (Å²) in [5.41, 5.74) is 1.43. The molecule has 0 aromatic heterocycles. The first-order valence-corrected chi connectivity index (χ1v) is 7.66. The molecule has 2 unspecified atom stereocenters. The fraction of sp³-hybridized carbons (Fsp3) is 0.600. The molecule has 1 rings (SSSR count). The quantitative estimate of drug-likeness (QED) is 0.747. The lowest BCUT2D eigenvalue weighted by atomic mass is 10.2. The summed E-state index contributed by atoms with van der Waals surface area (Å²) < 4.78 is 0. The minimum atomic E-state index is 0.633. The lowest BCUT2D eigenvalue weighted by molar-refractivity contribution is 0.513. The van der Waals surface area contributed by atoms with Crippen LogP contribution in [-0.2, 0) is 5.75 Å². The summed E-state index contributed by atoms with van der Waals surface area (Å²) >= 11 is 2.05.